The first-order chi connectivity index (χ1) is 8.33. The van der Waals surface area contributed by atoms with Crippen LogP contribution in [0.1, 0.15) is 6.42 Å². The van der Waals surface area contributed by atoms with E-state index in [4.69, 9.17) is 0 Å². The number of likely N-dealkylation sites (tertiary alicyclic amines) is 1. The van der Waals surface area contributed by atoms with Gasteiger partial charge in [0.1, 0.15) is 5.52 Å². The Balaban J connectivity index is 1.78. The molecule has 2 aliphatic rings. The van der Waals surface area contributed by atoms with E-state index in [0.29, 0.717) is 6.04 Å². The third-order valence-electron chi connectivity index (χ3n) is 4.25. The van der Waals surface area contributed by atoms with Crippen LogP contribution in [0.5, 0.6) is 0 Å². The van der Waals surface area contributed by atoms with Gasteiger partial charge >= 0.3 is 0 Å². The fourth-order valence-electron chi connectivity index (χ4n) is 3.34. The number of anilines is 1. The Morgan fingerprint density at radius 1 is 1.29 bits per heavy atom. The van der Waals surface area contributed by atoms with E-state index in [1.54, 1.807) is 6.33 Å². The maximum absolute atomic E-state index is 4.46. The number of para-hydroxylation sites is 1. The molecule has 2 bridgehead atoms. The molecule has 0 amide bonds. The van der Waals surface area contributed by atoms with Crippen LogP contribution in [0.4, 0.5) is 5.69 Å². The first-order valence-corrected chi connectivity index (χ1v) is 6.22. The lowest BCUT2D eigenvalue weighted by atomic mass is 10.2. The zero-order valence-corrected chi connectivity index (χ0v) is 9.93. The second-order valence-corrected chi connectivity index (χ2v) is 5.21. The zero-order chi connectivity index (χ0) is 11.4. The molecular formula is C13H16N4. The number of fused-ring (bicyclic) bond motifs is 3. The smallest absolute Gasteiger partial charge is 0.112 e. The maximum Gasteiger partial charge on any atom is 0.112 e. The highest BCUT2D eigenvalue weighted by molar-refractivity contribution is 5.88. The van der Waals surface area contributed by atoms with E-state index in [2.05, 4.69) is 45.0 Å². The first kappa shape index (κ1) is 9.48. The summed E-state index contributed by atoms with van der Waals surface area (Å²) in [6.45, 7) is 2.33. The molecule has 2 saturated heterocycles. The van der Waals surface area contributed by atoms with Crippen LogP contribution in [0.3, 0.4) is 0 Å². The lowest BCUT2D eigenvalue weighted by molar-refractivity contribution is 0.293. The molecule has 88 valence electrons. The predicted octanol–water partition coefficient (Wildman–Crippen LogP) is 1.46. The van der Waals surface area contributed by atoms with Crippen molar-refractivity contribution in [2.24, 2.45) is 0 Å². The summed E-state index contributed by atoms with van der Waals surface area (Å²) in [5.74, 6) is 0. The van der Waals surface area contributed by atoms with E-state index < -0.39 is 0 Å². The van der Waals surface area contributed by atoms with Crippen molar-refractivity contribution in [1.82, 2.24) is 14.9 Å². The Hall–Kier alpha value is -1.55. The van der Waals surface area contributed by atoms with Gasteiger partial charge in [-0.25, -0.2) is 4.98 Å². The molecule has 0 unspecified atom stereocenters. The van der Waals surface area contributed by atoms with Gasteiger partial charge in [0, 0.05) is 25.2 Å². The monoisotopic (exact) mass is 228 g/mol. The van der Waals surface area contributed by atoms with Gasteiger partial charge in [-0.15, -0.1) is 0 Å². The summed E-state index contributed by atoms with van der Waals surface area (Å²) in [5, 5.41) is 0. The zero-order valence-electron chi connectivity index (χ0n) is 9.93. The number of rotatable bonds is 1. The number of benzene rings is 1. The van der Waals surface area contributed by atoms with Crippen molar-refractivity contribution < 1.29 is 0 Å². The number of hydrogen-bond donors (Lipinski definition) is 1. The van der Waals surface area contributed by atoms with Crippen LogP contribution in [-0.2, 0) is 0 Å². The van der Waals surface area contributed by atoms with Gasteiger partial charge in [-0.2, -0.15) is 0 Å². The highest BCUT2D eigenvalue weighted by Gasteiger charge is 2.41. The fourth-order valence-corrected chi connectivity index (χ4v) is 3.34. The van der Waals surface area contributed by atoms with Crippen molar-refractivity contribution in [3.8, 4) is 0 Å². The average molecular weight is 228 g/mol. The Morgan fingerprint density at radius 3 is 3.00 bits per heavy atom. The molecule has 0 aliphatic carbocycles. The molecular weight excluding hydrogens is 212 g/mol. The molecule has 17 heavy (non-hydrogen) atoms. The summed E-state index contributed by atoms with van der Waals surface area (Å²) in [4.78, 5) is 12.7. The number of aromatic nitrogens is 2. The second kappa shape index (κ2) is 3.23. The lowest BCUT2D eigenvalue weighted by Gasteiger charge is -2.33. The largest absolute Gasteiger partial charge is 0.364 e. The van der Waals surface area contributed by atoms with Gasteiger partial charge in [0.05, 0.1) is 17.5 Å². The van der Waals surface area contributed by atoms with Crippen LogP contribution in [0.15, 0.2) is 24.5 Å². The van der Waals surface area contributed by atoms with E-state index in [0.717, 1.165) is 23.6 Å². The Kier molecular flexibility index (Phi) is 1.80. The predicted molar refractivity (Wildman–Crippen MR) is 68.3 cm³/mol. The third-order valence-corrected chi connectivity index (χ3v) is 4.25. The van der Waals surface area contributed by atoms with Crippen LogP contribution in [-0.4, -0.2) is 47.1 Å². The van der Waals surface area contributed by atoms with Crippen molar-refractivity contribution in [2.75, 3.05) is 25.0 Å². The maximum atomic E-state index is 4.46. The number of likely N-dealkylation sites (N-methyl/N-ethyl adjacent to an activating group) is 1. The highest BCUT2D eigenvalue weighted by atomic mass is 15.3. The minimum absolute atomic E-state index is 0.673. The quantitative estimate of drug-likeness (QED) is 0.802. The number of H-pyrrole nitrogens is 1. The standard InChI is InChI=1S/C13H16N4/c1-16-6-10-5-9(16)7-17(10)12-4-2-3-11-13(12)15-8-14-11/h2-4,8-10H,5-7H2,1H3,(H,14,15)/t9-,10-/m1/s1. The molecule has 4 heteroatoms. The van der Waals surface area contributed by atoms with Crippen molar-refractivity contribution in [3.63, 3.8) is 0 Å². The molecule has 2 fully saturated rings. The van der Waals surface area contributed by atoms with Gasteiger partial charge < -0.3 is 9.88 Å². The van der Waals surface area contributed by atoms with Crippen LogP contribution in [0.25, 0.3) is 11.0 Å². The van der Waals surface area contributed by atoms with Crippen LogP contribution in [0.2, 0.25) is 0 Å². The Labute approximate surface area is 100 Å². The van der Waals surface area contributed by atoms with Gasteiger partial charge in [-0.05, 0) is 25.6 Å². The van der Waals surface area contributed by atoms with Crippen molar-refractivity contribution in [3.05, 3.63) is 24.5 Å². The minimum Gasteiger partial charge on any atom is -0.364 e. The topological polar surface area (TPSA) is 35.2 Å². The van der Waals surface area contributed by atoms with Gasteiger partial charge in [0.15, 0.2) is 0 Å². The van der Waals surface area contributed by atoms with E-state index in [1.807, 2.05) is 0 Å². The molecule has 1 aromatic carbocycles. The first-order valence-electron chi connectivity index (χ1n) is 6.22. The summed E-state index contributed by atoms with van der Waals surface area (Å²) >= 11 is 0. The van der Waals surface area contributed by atoms with Crippen molar-refractivity contribution in [1.29, 1.82) is 0 Å². The molecule has 1 N–H and O–H groups in total. The normalized spacial score (nSPS) is 28.4. The number of aromatic amines is 1. The summed E-state index contributed by atoms with van der Waals surface area (Å²) in [6.07, 6.45) is 3.09. The van der Waals surface area contributed by atoms with Gasteiger partial charge in [0.25, 0.3) is 0 Å². The van der Waals surface area contributed by atoms with E-state index >= 15 is 0 Å². The molecule has 4 rings (SSSR count). The highest BCUT2D eigenvalue weighted by Crippen LogP contribution is 2.36. The van der Waals surface area contributed by atoms with Crippen molar-refractivity contribution >= 4 is 16.7 Å². The van der Waals surface area contributed by atoms with E-state index in [-0.39, 0.29) is 0 Å². The van der Waals surface area contributed by atoms with Gasteiger partial charge in [0.2, 0.25) is 0 Å². The van der Waals surface area contributed by atoms with Crippen molar-refractivity contribution in [2.45, 2.75) is 18.5 Å². The molecule has 1 aromatic heterocycles. The van der Waals surface area contributed by atoms with Crippen LogP contribution in [0, 0.1) is 0 Å². The molecule has 0 spiro atoms. The van der Waals surface area contributed by atoms with Crippen LogP contribution >= 0.6 is 0 Å². The fraction of sp³-hybridized carbons (Fsp3) is 0.462. The molecule has 3 heterocycles. The molecule has 4 nitrogen and oxygen atoms in total. The van der Waals surface area contributed by atoms with E-state index in [9.17, 15) is 0 Å². The molecule has 0 radical (unpaired) electrons. The number of imidazole rings is 1. The number of piperazine rings is 1. The summed E-state index contributed by atoms with van der Waals surface area (Å²) < 4.78 is 0. The molecule has 0 saturated carbocycles. The molecule has 2 aromatic rings. The molecule has 2 aliphatic heterocycles. The minimum atomic E-state index is 0.673. The molecule has 2 atom stereocenters. The summed E-state index contributed by atoms with van der Waals surface area (Å²) in [5.41, 5.74) is 3.55. The van der Waals surface area contributed by atoms with Gasteiger partial charge in [-0.3, -0.25) is 4.90 Å². The summed E-state index contributed by atoms with van der Waals surface area (Å²) in [7, 11) is 2.23. The number of nitrogens with one attached hydrogen (secondary N) is 1. The lowest BCUT2D eigenvalue weighted by Crippen LogP contribution is -2.44. The second-order valence-electron chi connectivity index (χ2n) is 5.21. The Bertz CT molecular complexity index is 559. The number of nitrogens with zero attached hydrogens (tertiary/aromatic N) is 3. The SMILES string of the molecule is CN1C[C@H]2C[C@@H]1CN2c1cccc2[nH]cnc12. The summed E-state index contributed by atoms with van der Waals surface area (Å²) in [6, 6.07) is 7.81. The Morgan fingerprint density at radius 2 is 2.24 bits per heavy atom. The number of hydrogen-bond acceptors (Lipinski definition) is 3. The van der Waals surface area contributed by atoms with E-state index in [1.165, 1.54) is 18.7 Å². The average Bonchev–Trinajstić information content (AvgIpc) is 3.01. The van der Waals surface area contributed by atoms with Gasteiger partial charge in [-0.1, -0.05) is 6.07 Å². The van der Waals surface area contributed by atoms with Crippen LogP contribution < -0.4 is 4.90 Å². The third kappa shape index (κ3) is 1.24.